The molecule has 0 spiro atoms. The number of aromatic nitrogens is 1. The smallest absolute Gasteiger partial charge is 0.366 e. The first-order valence-electron chi connectivity index (χ1n) is 9.45. The van der Waals surface area contributed by atoms with E-state index in [1.54, 1.807) is 6.07 Å². The van der Waals surface area contributed by atoms with E-state index >= 15 is 0 Å². The van der Waals surface area contributed by atoms with Crippen LogP contribution in [0, 0.1) is 11.8 Å². The molecular weight excluding hydrogens is 373 g/mol. The van der Waals surface area contributed by atoms with Gasteiger partial charge in [0.05, 0.1) is 23.5 Å². The molecule has 0 saturated heterocycles. The molecular formula is C19H27F3N4O2. The maximum absolute atomic E-state index is 12.8. The number of carbonyl (C=O) groups is 2. The Labute approximate surface area is 162 Å². The Balaban J connectivity index is 2.00. The minimum atomic E-state index is -4.15. The first kappa shape index (κ1) is 22.0. The third kappa shape index (κ3) is 6.69. The predicted octanol–water partition coefficient (Wildman–Crippen LogP) is 4.56. The SMILES string of the molecule is CC(=O)Nc1cnc(NC(C)C)c(NC(=O)CC2CCC(C(F)(F)F)CC2)c1. The normalized spacial score (nSPS) is 20.0. The van der Waals surface area contributed by atoms with Crippen LogP contribution in [0.3, 0.4) is 0 Å². The molecule has 1 aliphatic carbocycles. The van der Waals surface area contributed by atoms with Crippen molar-refractivity contribution < 1.29 is 22.8 Å². The quantitative estimate of drug-likeness (QED) is 0.654. The van der Waals surface area contributed by atoms with Gasteiger partial charge in [-0.3, -0.25) is 9.59 Å². The molecule has 6 nitrogen and oxygen atoms in total. The van der Waals surface area contributed by atoms with Gasteiger partial charge in [0.15, 0.2) is 0 Å². The number of halogens is 3. The zero-order valence-corrected chi connectivity index (χ0v) is 16.3. The van der Waals surface area contributed by atoms with Crippen molar-refractivity contribution in [2.45, 2.75) is 65.1 Å². The number of nitrogens with zero attached hydrogens (tertiary/aromatic N) is 1. The molecule has 3 N–H and O–H groups in total. The Kier molecular flexibility index (Phi) is 7.26. The maximum Gasteiger partial charge on any atom is 0.391 e. The van der Waals surface area contributed by atoms with Crippen molar-refractivity contribution in [3.63, 3.8) is 0 Å². The number of alkyl halides is 3. The Morgan fingerprint density at radius 2 is 1.82 bits per heavy atom. The standard InChI is InChI=1S/C19H27F3N4O2/c1-11(2)24-18-16(9-15(10-23-18)25-12(3)27)26-17(28)8-13-4-6-14(7-5-13)19(20,21)22/h9-11,13-14H,4-8H2,1-3H3,(H,23,24)(H,25,27)(H,26,28). The van der Waals surface area contributed by atoms with Crippen LogP contribution in [0.1, 0.15) is 52.9 Å². The molecule has 0 atom stereocenters. The zero-order chi connectivity index (χ0) is 20.9. The maximum atomic E-state index is 12.8. The number of hydrogen-bond donors (Lipinski definition) is 3. The fourth-order valence-electron chi connectivity index (χ4n) is 3.38. The van der Waals surface area contributed by atoms with E-state index in [1.165, 1.54) is 13.1 Å². The lowest BCUT2D eigenvalue weighted by molar-refractivity contribution is -0.184. The highest BCUT2D eigenvalue weighted by molar-refractivity contribution is 5.96. The predicted molar refractivity (Wildman–Crippen MR) is 102 cm³/mol. The van der Waals surface area contributed by atoms with Crippen molar-refractivity contribution in [2.75, 3.05) is 16.0 Å². The van der Waals surface area contributed by atoms with Gasteiger partial charge in [-0.2, -0.15) is 13.2 Å². The molecule has 9 heteroatoms. The van der Waals surface area contributed by atoms with E-state index in [1.807, 2.05) is 13.8 Å². The van der Waals surface area contributed by atoms with E-state index in [2.05, 4.69) is 20.9 Å². The average Bonchev–Trinajstić information content (AvgIpc) is 2.56. The molecule has 0 aromatic carbocycles. The fourth-order valence-corrected chi connectivity index (χ4v) is 3.38. The van der Waals surface area contributed by atoms with Crippen LogP contribution in [0.5, 0.6) is 0 Å². The molecule has 1 saturated carbocycles. The third-order valence-corrected chi connectivity index (χ3v) is 4.69. The van der Waals surface area contributed by atoms with Gasteiger partial charge in [-0.1, -0.05) is 0 Å². The van der Waals surface area contributed by atoms with E-state index in [4.69, 9.17) is 0 Å². The van der Waals surface area contributed by atoms with Gasteiger partial charge >= 0.3 is 6.18 Å². The monoisotopic (exact) mass is 400 g/mol. The summed E-state index contributed by atoms with van der Waals surface area (Å²) in [5, 5.41) is 8.51. The molecule has 0 aliphatic heterocycles. The van der Waals surface area contributed by atoms with Crippen molar-refractivity contribution in [3.05, 3.63) is 12.3 Å². The minimum Gasteiger partial charge on any atom is -0.366 e. The average molecular weight is 400 g/mol. The number of anilines is 3. The molecule has 156 valence electrons. The summed E-state index contributed by atoms with van der Waals surface area (Å²) in [5.41, 5.74) is 0.872. The Bertz CT molecular complexity index is 699. The van der Waals surface area contributed by atoms with E-state index in [9.17, 15) is 22.8 Å². The molecule has 28 heavy (non-hydrogen) atoms. The van der Waals surface area contributed by atoms with Crippen LogP contribution in [-0.4, -0.2) is 29.0 Å². The lowest BCUT2D eigenvalue weighted by atomic mass is 9.80. The summed E-state index contributed by atoms with van der Waals surface area (Å²) in [5.74, 6) is -1.38. The number of amides is 2. The van der Waals surface area contributed by atoms with Gasteiger partial charge in [-0.25, -0.2) is 4.98 Å². The van der Waals surface area contributed by atoms with E-state index in [0.29, 0.717) is 30.0 Å². The van der Waals surface area contributed by atoms with Gasteiger partial charge < -0.3 is 16.0 Å². The Morgan fingerprint density at radius 1 is 1.18 bits per heavy atom. The second kappa shape index (κ2) is 9.25. The summed E-state index contributed by atoms with van der Waals surface area (Å²) in [6.45, 7) is 5.22. The molecule has 0 unspecified atom stereocenters. The molecule has 1 aromatic rings. The molecule has 2 amide bonds. The summed E-state index contributed by atoms with van der Waals surface area (Å²) in [7, 11) is 0. The zero-order valence-electron chi connectivity index (χ0n) is 16.3. The van der Waals surface area contributed by atoms with Crippen LogP contribution < -0.4 is 16.0 Å². The van der Waals surface area contributed by atoms with Gasteiger partial charge in [0.1, 0.15) is 5.82 Å². The molecule has 0 radical (unpaired) electrons. The summed E-state index contributed by atoms with van der Waals surface area (Å²) in [6, 6.07) is 1.69. The topological polar surface area (TPSA) is 83.1 Å². The summed E-state index contributed by atoms with van der Waals surface area (Å²) >= 11 is 0. The molecule has 2 rings (SSSR count). The van der Waals surface area contributed by atoms with Crippen LogP contribution >= 0.6 is 0 Å². The minimum absolute atomic E-state index is 0.0633. The van der Waals surface area contributed by atoms with Crippen LogP contribution in [0.15, 0.2) is 12.3 Å². The summed E-state index contributed by atoms with van der Waals surface area (Å²) in [6.07, 6.45) is -1.59. The Morgan fingerprint density at radius 3 is 2.36 bits per heavy atom. The van der Waals surface area contributed by atoms with Crippen LogP contribution in [-0.2, 0) is 9.59 Å². The molecule has 0 bridgehead atoms. The number of carbonyl (C=O) groups excluding carboxylic acids is 2. The summed E-state index contributed by atoms with van der Waals surface area (Å²) < 4.78 is 38.3. The van der Waals surface area contributed by atoms with Crippen molar-refractivity contribution in [3.8, 4) is 0 Å². The van der Waals surface area contributed by atoms with Gasteiger partial charge in [-0.15, -0.1) is 0 Å². The van der Waals surface area contributed by atoms with Crippen molar-refractivity contribution in [1.29, 1.82) is 0 Å². The molecule has 1 aliphatic rings. The van der Waals surface area contributed by atoms with Crippen LogP contribution in [0.25, 0.3) is 0 Å². The third-order valence-electron chi connectivity index (χ3n) is 4.69. The highest BCUT2D eigenvalue weighted by Gasteiger charge is 2.41. The highest BCUT2D eigenvalue weighted by atomic mass is 19.4. The second-order valence-corrected chi connectivity index (χ2v) is 7.61. The molecule has 1 aromatic heterocycles. The van der Waals surface area contributed by atoms with Gasteiger partial charge in [0.25, 0.3) is 0 Å². The first-order valence-corrected chi connectivity index (χ1v) is 9.45. The Hall–Kier alpha value is -2.32. The number of rotatable bonds is 6. The van der Waals surface area contributed by atoms with Gasteiger partial charge in [-0.05, 0) is 51.5 Å². The van der Waals surface area contributed by atoms with E-state index in [-0.39, 0.29) is 43.0 Å². The molecule has 1 heterocycles. The van der Waals surface area contributed by atoms with Crippen molar-refractivity contribution in [2.24, 2.45) is 11.8 Å². The van der Waals surface area contributed by atoms with Gasteiger partial charge in [0, 0.05) is 19.4 Å². The fraction of sp³-hybridized carbons (Fsp3) is 0.632. The van der Waals surface area contributed by atoms with E-state index in [0.717, 1.165) is 0 Å². The number of nitrogens with one attached hydrogen (secondary N) is 3. The van der Waals surface area contributed by atoms with Crippen LogP contribution in [0.4, 0.5) is 30.4 Å². The number of pyridine rings is 1. The lowest BCUT2D eigenvalue weighted by Gasteiger charge is -2.29. The summed E-state index contributed by atoms with van der Waals surface area (Å²) in [4.78, 5) is 27.9. The van der Waals surface area contributed by atoms with Crippen molar-refractivity contribution >= 4 is 29.0 Å². The molecule has 1 fully saturated rings. The van der Waals surface area contributed by atoms with E-state index < -0.39 is 12.1 Å². The first-order chi connectivity index (χ1) is 13.0. The lowest BCUT2D eigenvalue weighted by Crippen LogP contribution is -2.29. The van der Waals surface area contributed by atoms with Crippen molar-refractivity contribution in [1.82, 2.24) is 4.98 Å². The van der Waals surface area contributed by atoms with Crippen LogP contribution in [0.2, 0.25) is 0 Å². The highest BCUT2D eigenvalue weighted by Crippen LogP contribution is 2.40. The van der Waals surface area contributed by atoms with Gasteiger partial charge in [0.2, 0.25) is 11.8 Å². The number of hydrogen-bond acceptors (Lipinski definition) is 4. The second-order valence-electron chi connectivity index (χ2n) is 7.61. The largest absolute Gasteiger partial charge is 0.391 e.